The van der Waals surface area contributed by atoms with Crippen LogP contribution in [0.5, 0.6) is 5.75 Å². The summed E-state index contributed by atoms with van der Waals surface area (Å²) in [5.74, 6) is 0.0141. The molecule has 0 radical (unpaired) electrons. The third-order valence-electron chi connectivity index (χ3n) is 2.58. The number of aromatic nitrogens is 1. The molecule has 4 nitrogen and oxygen atoms in total. The summed E-state index contributed by atoms with van der Waals surface area (Å²) in [4.78, 5) is 16.8. The number of anilines is 1. The molecule has 1 aromatic heterocycles. The van der Waals surface area contributed by atoms with Gasteiger partial charge in [-0.25, -0.2) is 0 Å². The molecule has 0 spiro atoms. The Morgan fingerprint density at radius 2 is 2.22 bits per heavy atom. The molecule has 1 aromatic carbocycles. The fourth-order valence-corrected chi connectivity index (χ4v) is 2.08. The number of hydrogen-bond acceptors (Lipinski definition) is 2. The van der Waals surface area contributed by atoms with Crippen molar-refractivity contribution in [3.63, 3.8) is 0 Å². The maximum atomic E-state index is 12.3. The standard InChI is InChI=1S/C13H13BrN2O2/c1-2-16(10-4-3-5-11(17)7-10)13(18)12-6-9(14)8-15-12/h3-8,15,17H,2H2,1H3. The molecule has 2 rings (SSSR count). The highest BCUT2D eigenvalue weighted by atomic mass is 79.9. The van der Waals surface area contributed by atoms with Gasteiger partial charge in [0.15, 0.2) is 0 Å². The van der Waals surface area contributed by atoms with E-state index >= 15 is 0 Å². The predicted molar refractivity (Wildman–Crippen MR) is 74.0 cm³/mol. The Morgan fingerprint density at radius 3 is 2.78 bits per heavy atom. The zero-order valence-electron chi connectivity index (χ0n) is 9.85. The predicted octanol–water partition coefficient (Wildman–Crippen LogP) is 3.15. The van der Waals surface area contributed by atoms with E-state index in [-0.39, 0.29) is 11.7 Å². The van der Waals surface area contributed by atoms with E-state index in [2.05, 4.69) is 20.9 Å². The highest BCUT2D eigenvalue weighted by Crippen LogP contribution is 2.22. The highest BCUT2D eigenvalue weighted by Gasteiger charge is 2.17. The van der Waals surface area contributed by atoms with Gasteiger partial charge in [0.25, 0.3) is 5.91 Å². The number of H-pyrrole nitrogens is 1. The van der Waals surface area contributed by atoms with E-state index < -0.39 is 0 Å². The summed E-state index contributed by atoms with van der Waals surface area (Å²) in [6, 6.07) is 8.38. The Kier molecular flexibility index (Phi) is 3.72. The highest BCUT2D eigenvalue weighted by molar-refractivity contribution is 9.10. The van der Waals surface area contributed by atoms with Gasteiger partial charge in [0.2, 0.25) is 0 Å². The van der Waals surface area contributed by atoms with Crippen molar-refractivity contribution < 1.29 is 9.90 Å². The molecular formula is C13H13BrN2O2. The van der Waals surface area contributed by atoms with Crippen molar-refractivity contribution in [1.82, 2.24) is 4.98 Å². The average molecular weight is 309 g/mol. The van der Waals surface area contributed by atoms with Crippen molar-refractivity contribution in [2.24, 2.45) is 0 Å². The van der Waals surface area contributed by atoms with Crippen LogP contribution in [-0.4, -0.2) is 22.5 Å². The molecule has 0 saturated carbocycles. The molecule has 0 saturated heterocycles. The number of nitrogens with zero attached hydrogens (tertiary/aromatic N) is 1. The number of amides is 1. The smallest absolute Gasteiger partial charge is 0.274 e. The van der Waals surface area contributed by atoms with Crippen LogP contribution in [0.2, 0.25) is 0 Å². The summed E-state index contributed by atoms with van der Waals surface area (Å²) in [6.07, 6.45) is 1.71. The van der Waals surface area contributed by atoms with Crippen LogP contribution in [0.4, 0.5) is 5.69 Å². The van der Waals surface area contributed by atoms with Crippen molar-refractivity contribution in [2.45, 2.75) is 6.92 Å². The summed E-state index contributed by atoms with van der Waals surface area (Å²) in [5, 5.41) is 9.46. The lowest BCUT2D eigenvalue weighted by Crippen LogP contribution is -2.30. The molecule has 0 aliphatic carbocycles. The Bertz CT molecular complexity index is 566. The van der Waals surface area contributed by atoms with E-state index in [1.807, 2.05) is 6.92 Å². The van der Waals surface area contributed by atoms with Gasteiger partial charge in [-0.1, -0.05) is 6.07 Å². The van der Waals surface area contributed by atoms with E-state index in [9.17, 15) is 9.90 Å². The lowest BCUT2D eigenvalue weighted by molar-refractivity contribution is 0.0984. The fourth-order valence-electron chi connectivity index (χ4n) is 1.74. The quantitative estimate of drug-likeness (QED) is 0.915. The first kappa shape index (κ1) is 12.7. The van der Waals surface area contributed by atoms with E-state index in [4.69, 9.17) is 0 Å². The number of nitrogens with one attached hydrogen (secondary N) is 1. The maximum Gasteiger partial charge on any atom is 0.274 e. The molecule has 0 fully saturated rings. The van der Waals surface area contributed by atoms with Gasteiger partial charge in [0.1, 0.15) is 11.4 Å². The number of halogens is 1. The van der Waals surface area contributed by atoms with Crippen LogP contribution in [-0.2, 0) is 0 Å². The normalized spacial score (nSPS) is 10.3. The minimum absolute atomic E-state index is 0.131. The van der Waals surface area contributed by atoms with Crippen molar-refractivity contribution in [3.05, 3.63) is 46.7 Å². The third kappa shape index (κ3) is 2.56. The number of aromatic hydroxyl groups is 1. The molecule has 2 N–H and O–H groups in total. The molecule has 2 aromatic rings. The van der Waals surface area contributed by atoms with Crippen molar-refractivity contribution in [3.8, 4) is 5.75 Å². The molecule has 1 amide bonds. The number of phenols is 1. The second-order valence-corrected chi connectivity index (χ2v) is 4.72. The van der Waals surface area contributed by atoms with Crippen LogP contribution < -0.4 is 4.90 Å². The summed E-state index contributed by atoms with van der Waals surface area (Å²) >= 11 is 3.30. The Balaban J connectivity index is 2.31. The molecule has 5 heteroatoms. The fraction of sp³-hybridized carbons (Fsp3) is 0.154. The minimum atomic E-state index is -0.131. The monoisotopic (exact) mass is 308 g/mol. The van der Waals surface area contributed by atoms with Crippen molar-refractivity contribution >= 4 is 27.5 Å². The van der Waals surface area contributed by atoms with Crippen LogP contribution in [0.25, 0.3) is 0 Å². The first-order valence-corrected chi connectivity index (χ1v) is 6.36. The number of carbonyl (C=O) groups excluding carboxylic acids is 1. The van der Waals surface area contributed by atoms with Gasteiger partial charge in [-0.05, 0) is 41.1 Å². The van der Waals surface area contributed by atoms with E-state index in [0.717, 1.165) is 4.47 Å². The Hall–Kier alpha value is -1.75. The average Bonchev–Trinajstić information content (AvgIpc) is 2.77. The number of hydrogen-bond donors (Lipinski definition) is 2. The van der Waals surface area contributed by atoms with Gasteiger partial charge in [0.05, 0.1) is 0 Å². The molecule has 18 heavy (non-hydrogen) atoms. The zero-order chi connectivity index (χ0) is 13.1. The van der Waals surface area contributed by atoms with Gasteiger partial charge in [-0.15, -0.1) is 0 Å². The lowest BCUT2D eigenvalue weighted by atomic mass is 10.2. The van der Waals surface area contributed by atoms with Crippen LogP contribution in [0, 0.1) is 0 Å². The summed E-state index contributed by atoms with van der Waals surface area (Å²) < 4.78 is 0.831. The summed E-state index contributed by atoms with van der Waals surface area (Å²) in [5.41, 5.74) is 1.18. The first-order valence-electron chi connectivity index (χ1n) is 5.56. The lowest BCUT2D eigenvalue weighted by Gasteiger charge is -2.20. The first-order chi connectivity index (χ1) is 8.61. The third-order valence-corrected chi connectivity index (χ3v) is 3.04. The molecule has 94 valence electrons. The van der Waals surface area contributed by atoms with Gasteiger partial charge in [-0.3, -0.25) is 4.79 Å². The topological polar surface area (TPSA) is 56.3 Å². The number of benzene rings is 1. The maximum absolute atomic E-state index is 12.3. The number of carbonyl (C=O) groups is 1. The van der Waals surface area contributed by atoms with E-state index in [0.29, 0.717) is 17.9 Å². The second kappa shape index (κ2) is 5.27. The van der Waals surface area contributed by atoms with E-state index in [1.165, 1.54) is 0 Å². The molecule has 0 aliphatic heterocycles. The molecule has 1 heterocycles. The summed E-state index contributed by atoms with van der Waals surface area (Å²) in [7, 11) is 0. The van der Waals surface area contributed by atoms with Gasteiger partial charge < -0.3 is 15.0 Å². The number of aromatic amines is 1. The van der Waals surface area contributed by atoms with Crippen LogP contribution in [0.3, 0.4) is 0 Å². The largest absolute Gasteiger partial charge is 0.508 e. The molecule has 0 bridgehead atoms. The number of phenolic OH excluding ortho intramolecular Hbond substituents is 1. The SMILES string of the molecule is CCN(C(=O)c1cc(Br)c[nH]1)c1cccc(O)c1. The zero-order valence-corrected chi connectivity index (χ0v) is 11.4. The summed E-state index contributed by atoms with van der Waals surface area (Å²) in [6.45, 7) is 2.42. The Labute approximate surface area is 113 Å². The number of rotatable bonds is 3. The Morgan fingerprint density at radius 1 is 1.44 bits per heavy atom. The minimum Gasteiger partial charge on any atom is -0.508 e. The second-order valence-electron chi connectivity index (χ2n) is 3.80. The van der Waals surface area contributed by atoms with Gasteiger partial charge in [0, 0.05) is 29.0 Å². The van der Waals surface area contributed by atoms with Crippen LogP contribution >= 0.6 is 15.9 Å². The van der Waals surface area contributed by atoms with Crippen molar-refractivity contribution in [1.29, 1.82) is 0 Å². The van der Waals surface area contributed by atoms with Crippen LogP contribution in [0.1, 0.15) is 17.4 Å². The molecule has 0 atom stereocenters. The van der Waals surface area contributed by atoms with Gasteiger partial charge in [-0.2, -0.15) is 0 Å². The van der Waals surface area contributed by atoms with Gasteiger partial charge >= 0.3 is 0 Å². The molecular weight excluding hydrogens is 296 g/mol. The van der Waals surface area contributed by atoms with Crippen LogP contribution in [0.15, 0.2) is 41.0 Å². The molecule has 0 unspecified atom stereocenters. The van der Waals surface area contributed by atoms with E-state index in [1.54, 1.807) is 41.4 Å². The molecule has 0 aliphatic rings. The van der Waals surface area contributed by atoms with Crippen molar-refractivity contribution in [2.75, 3.05) is 11.4 Å².